The number of H-pyrrole nitrogens is 1. The lowest BCUT2D eigenvalue weighted by Crippen LogP contribution is -2.34. The molecule has 8 nitrogen and oxygen atoms in total. The van der Waals surface area contributed by atoms with Crippen molar-refractivity contribution >= 4 is 41.3 Å². The van der Waals surface area contributed by atoms with E-state index in [0.717, 1.165) is 38.0 Å². The van der Waals surface area contributed by atoms with Crippen molar-refractivity contribution in [1.29, 1.82) is 0 Å². The zero-order valence-electron chi connectivity index (χ0n) is 24.7. The Kier molecular flexibility index (Phi) is 13.0. The number of hydrogen-bond donors (Lipinski definition) is 2. The van der Waals surface area contributed by atoms with E-state index in [1.807, 2.05) is 6.08 Å². The van der Waals surface area contributed by atoms with Gasteiger partial charge in [-0.15, -0.1) is 12.4 Å². The number of hydrogen-bond acceptors (Lipinski definition) is 6. The van der Waals surface area contributed by atoms with Crippen LogP contribution in [0, 0.1) is 0 Å². The Morgan fingerprint density at radius 2 is 1.76 bits per heavy atom. The van der Waals surface area contributed by atoms with Crippen molar-refractivity contribution in [3.05, 3.63) is 72.0 Å². The summed E-state index contributed by atoms with van der Waals surface area (Å²) in [6.45, 7) is 5.69. The first-order valence-electron chi connectivity index (χ1n) is 14.4. The maximum Gasteiger partial charge on any atom is 0.311 e. The number of esters is 1. The fraction of sp³-hybridized carbons (Fsp3) is 0.394. The number of aromatic amines is 1. The number of aromatic nitrogens is 1. The molecule has 1 aliphatic heterocycles. The summed E-state index contributed by atoms with van der Waals surface area (Å²) >= 11 is 0. The number of likely N-dealkylation sites (tertiary alicyclic amines) is 1. The number of unbranched alkanes of at least 4 members (excludes halogenated alkanes) is 1. The van der Waals surface area contributed by atoms with Crippen LogP contribution >= 0.6 is 12.4 Å². The number of halogens is 1. The van der Waals surface area contributed by atoms with E-state index in [2.05, 4.69) is 45.7 Å². The molecule has 1 saturated heterocycles. The fourth-order valence-electron chi connectivity index (χ4n) is 5.22. The summed E-state index contributed by atoms with van der Waals surface area (Å²) in [6.07, 6.45) is 13.6. The highest BCUT2D eigenvalue weighted by atomic mass is 35.5. The Balaban J connectivity index is 0.00000484. The topological polar surface area (TPSA) is 92.9 Å². The highest BCUT2D eigenvalue weighted by Gasteiger charge is 2.22. The Morgan fingerprint density at radius 3 is 2.45 bits per heavy atom. The van der Waals surface area contributed by atoms with E-state index in [9.17, 15) is 9.59 Å². The van der Waals surface area contributed by atoms with Crippen LogP contribution in [-0.2, 0) is 9.59 Å². The number of ether oxygens (including phenoxy) is 3. The van der Waals surface area contributed by atoms with Gasteiger partial charge in [-0.2, -0.15) is 0 Å². The molecule has 0 unspecified atom stereocenters. The van der Waals surface area contributed by atoms with Crippen LogP contribution in [0.15, 0.2) is 60.8 Å². The number of carbonyl (C=O) groups is 2. The minimum atomic E-state index is -0.374. The molecule has 0 aliphatic carbocycles. The third-order valence-electron chi connectivity index (χ3n) is 7.48. The van der Waals surface area contributed by atoms with E-state index in [4.69, 9.17) is 14.2 Å². The molecule has 0 spiro atoms. The molecule has 0 radical (unpaired) electrons. The van der Waals surface area contributed by atoms with E-state index >= 15 is 0 Å². The van der Waals surface area contributed by atoms with Crippen LogP contribution in [0.2, 0.25) is 0 Å². The third-order valence-corrected chi connectivity index (χ3v) is 7.48. The van der Waals surface area contributed by atoms with Crippen LogP contribution in [0.25, 0.3) is 17.0 Å². The quantitative estimate of drug-likeness (QED) is 0.0796. The summed E-state index contributed by atoms with van der Waals surface area (Å²) < 4.78 is 16.1. The number of amides is 1. The van der Waals surface area contributed by atoms with Crippen LogP contribution in [0.3, 0.4) is 0 Å². The number of methoxy groups -OCH3 is 2. The zero-order valence-corrected chi connectivity index (χ0v) is 25.5. The standard InChI is InChI=1S/C33H41N3O5.ClH/c1-4-32(38)41-33-29(39-2)21-24(22-30(33)40-3)11-5-8-14-31(37)34-17-9-10-18-36-19-15-25(16-20-36)27-23-35-28-13-7-6-12-26(27)28;/h5-8,11-14,21-23,25,35H,4,9-10,15-20H2,1-3H3,(H,34,37);1H/b11-5+,14-8+;. The molecule has 0 saturated carbocycles. The molecule has 1 aliphatic rings. The van der Waals surface area contributed by atoms with Crippen molar-refractivity contribution in [2.75, 3.05) is 40.4 Å². The number of nitrogens with one attached hydrogen (secondary N) is 2. The Labute approximate surface area is 254 Å². The minimum absolute atomic E-state index is 0. The van der Waals surface area contributed by atoms with Crippen LogP contribution in [0.4, 0.5) is 0 Å². The molecule has 1 aromatic heterocycles. The molecule has 1 fully saturated rings. The second kappa shape index (κ2) is 16.6. The molecule has 2 N–H and O–H groups in total. The van der Waals surface area contributed by atoms with Crippen molar-refractivity contribution in [2.24, 2.45) is 0 Å². The number of rotatable bonds is 13. The molecular formula is C33H42ClN3O5. The van der Waals surface area contributed by atoms with Gasteiger partial charge in [0.05, 0.1) is 14.2 Å². The lowest BCUT2D eigenvalue weighted by atomic mass is 9.89. The molecular weight excluding hydrogens is 554 g/mol. The van der Waals surface area contributed by atoms with E-state index in [1.54, 1.807) is 31.2 Å². The Morgan fingerprint density at radius 1 is 1.05 bits per heavy atom. The highest BCUT2D eigenvalue weighted by Crippen LogP contribution is 2.39. The number of allylic oxidation sites excluding steroid dienone is 2. The lowest BCUT2D eigenvalue weighted by molar-refractivity contribution is -0.134. The predicted molar refractivity (Wildman–Crippen MR) is 170 cm³/mol. The molecule has 226 valence electrons. The fourth-order valence-corrected chi connectivity index (χ4v) is 5.22. The van der Waals surface area contributed by atoms with Crippen LogP contribution in [0.5, 0.6) is 17.2 Å². The van der Waals surface area contributed by atoms with Gasteiger partial charge in [-0.3, -0.25) is 9.59 Å². The number of benzene rings is 2. The van der Waals surface area contributed by atoms with Gasteiger partial charge in [-0.05, 0) is 80.6 Å². The van der Waals surface area contributed by atoms with Gasteiger partial charge in [-0.1, -0.05) is 43.4 Å². The largest absolute Gasteiger partial charge is 0.493 e. The molecule has 0 atom stereocenters. The van der Waals surface area contributed by atoms with Crippen molar-refractivity contribution in [3.63, 3.8) is 0 Å². The predicted octanol–water partition coefficient (Wildman–Crippen LogP) is 6.27. The van der Waals surface area contributed by atoms with Crippen molar-refractivity contribution in [1.82, 2.24) is 15.2 Å². The van der Waals surface area contributed by atoms with Gasteiger partial charge < -0.3 is 29.4 Å². The monoisotopic (exact) mass is 595 g/mol. The summed E-state index contributed by atoms with van der Waals surface area (Å²) in [7, 11) is 3.01. The lowest BCUT2D eigenvalue weighted by Gasteiger charge is -2.32. The minimum Gasteiger partial charge on any atom is -0.493 e. The summed E-state index contributed by atoms with van der Waals surface area (Å²) in [5.41, 5.74) is 3.46. The molecule has 2 heterocycles. The van der Waals surface area contributed by atoms with Gasteiger partial charge in [0.2, 0.25) is 11.7 Å². The first kappa shape index (κ1) is 32.8. The van der Waals surface area contributed by atoms with Crippen LogP contribution in [-0.4, -0.2) is 62.2 Å². The first-order valence-corrected chi connectivity index (χ1v) is 14.4. The average molecular weight is 596 g/mol. The van der Waals surface area contributed by atoms with Crippen molar-refractivity contribution in [2.45, 2.75) is 44.9 Å². The third kappa shape index (κ3) is 8.87. The van der Waals surface area contributed by atoms with Gasteiger partial charge in [-0.25, -0.2) is 0 Å². The maximum absolute atomic E-state index is 12.2. The SMILES string of the molecule is CCC(=O)Oc1c(OC)cc(/C=C/C=C/C(=O)NCCCCN2CCC(c3c[nH]c4ccccc34)CC2)cc1OC.Cl. The first-order chi connectivity index (χ1) is 20.0. The summed E-state index contributed by atoms with van der Waals surface area (Å²) in [5.74, 6) is 1.17. The van der Waals surface area contributed by atoms with Crippen LogP contribution < -0.4 is 19.5 Å². The molecule has 0 bridgehead atoms. The number of piperidine rings is 1. The number of carbonyl (C=O) groups excluding carboxylic acids is 2. The van der Waals surface area contributed by atoms with Gasteiger partial charge in [0.25, 0.3) is 0 Å². The van der Waals surface area contributed by atoms with Gasteiger partial charge in [0, 0.05) is 36.1 Å². The van der Waals surface area contributed by atoms with Gasteiger partial charge in [0.1, 0.15) is 0 Å². The number of para-hydroxylation sites is 1. The molecule has 3 aromatic rings. The molecule has 4 rings (SSSR count). The second-order valence-corrected chi connectivity index (χ2v) is 10.2. The van der Waals surface area contributed by atoms with E-state index in [0.29, 0.717) is 24.0 Å². The average Bonchev–Trinajstić information content (AvgIpc) is 3.44. The zero-order chi connectivity index (χ0) is 29.0. The smallest absolute Gasteiger partial charge is 0.311 e. The van der Waals surface area contributed by atoms with Crippen molar-refractivity contribution in [3.8, 4) is 17.2 Å². The number of fused-ring (bicyclic) bond motifs is 1. The Bertz CT molecular complexity index is 1350. The Hall–Kier alpha value is -3.75. The molecule has 9 heteroatoms. The normalized spacial score (nSPS) is 14.3. The summed E-state index contributed by atoms with van der Waals surface area (Å²) in [6, 6.07) is 12.0. The molecule has 42 heavy (non-hydrogen) atoms. The van der Waals surface area contributed by atoms with Crippen LogP contribution in [0.1, 0.15) is 56.1 Å². The molecule has 2 aromatic carbocycles. The summed E-state index contributed by atoms with van der Waals surface area (Å²) in [5, 5.41) is 4.32. The summed E-state index contributed by atoms with van der Waals surface area (Å²) in [4.78, 5) is 29.9. The maximum atomic E-state index is 12.2. The van der Waals surface area contributed by atoms with Crippen molar-refractivity contribution < 1.29 is 23.8 Å². The van der Waals surface area contributed by atoms with E-state index < -0.39 is 0 Å². The second-order valence-electron chi connectivity index (χ2n) is 10.2. The van der Waals surface area contributed by atoms with Gasteiger partial charge in [0.15, 0.2) is 11.5 Å². The van der Waals surface area contributed by atoms with E-state index in [1.165, 1.54) is 49.6 Å². The number of nitrogens with zero attached hydrogens (tertiary/aromatic N) is 1. The van der Waals surface area contributed by atoms with Gasteiger partial charge >= 0.3 is 5.97 Å². The molecule has 1 amide bonds. The highest BCUT2D eigenvalue weighted by molar-refractivity contribution is 5.88. The van der Waals surface area contributed by atoms with E-state index in [-0.39, 0.29) is 36.5 Å².